The molecule has 0 saturated heterocycles. The first-order valence-electron chi connectivity index (χ1n) is 8.38. The minimum absolute atomic E-state index is 0.290. The number of anilines is 1. The van der Waals surface area contributed by atoms with Crippen molar-refractivity contribution < 1.29 is 19.1 Å². The fourth-order valence-electron chi connectivity index (χ4n) is 2.19. The standard InChI is InChI=1S/C20H18ClN3O4/c1-12(23-19(26)14-7-9-16(21)10-8-14)20(27)28-13(2)18(25)24-17-6-4-3-5-15(17)11-22/h3-10,12-13H,1-2H3,(H,23,26)(H,24,25)/t12-,13-/m0/s1. The van der Waals surface area contributed by atoms with Crippen molar-refractivity contribution in [1.29, 1.82) is 5.26 Å². The third-order valence-corrected chi connectivity index (χ3v) is 4.03. The lowest BCUT2D eigenvalue weighted by Gasteiger charge is -2.18. The summed E-state index contributed by atoms with van der Waals surface area (Å²) in [7, 11) is 0. The van der Waals surface area contributed by atoms with Crippen LogP contribution >= 0.6 is 11.6 Å². The van der Waals surface area contributed by atoms with E-state index in [-0.39, 0.29) is 5.56 Å². The summed E-state index contributed by atoms with van der Waals surface area (Å²) < 4.78 is 5.11. The topological polar surface area (TPSA) is 108 Å². The van der Waals surface area contributed by atoms with E-state index in [9.17, 15) is 14.4 Å². The lowest BCUT2D eigenvalue weighted by Crippen LogP contribution is -2.42. The van der Waals surface area contributed by atoms with Crippen LogP contribution in [0.5, 0.6) is 0 Å². The minimum Gasteiger partial charge on any atom is -0.451 e. The van der Waals surface area contributed by atoms with Crippen molar-refractivity contribution in [3.8, 4) is 6.07 Å². The summed E-state index contributed by atoms with van der Waals surface area (Å²) in [5, 5.41) is 14.6. The number of nitrogens with zero attached hydrogens (tertiary/aromatic N) is 1. The highest BCUT2D eigenvalue weighted by molar-refractivity contribution is 6.30. The van der Waals surface area contributed by atoms with Crippen LogP contribution in [0.1, 0.15) is 29.8 Å². The molecule has 2 aromatic rings. The zero-order valence-corrected chi connectivity index (χ0v) is 16.0. The van der Waals surface area contributed by atoms with Gasteiger partial charge in [-0.2, -0.15) is 5.26 Å². The number of para-hydroxylation sites is 1. The molecule has 2 atom stereocenters. The van der Waals surface area contributed by atoms with Crippen LogP contribution in [0.3, 0.4) is 0 Å². The molecule has 0 aliphatic carbocycles. The quantitative estimate of drug-likeness (QED) is 0.726. The number of nitriles is 1. The molecule has 0 bridgehead atoms. The summed E-state index contributed by atoms with van der Waals surface area (Å²) in [5.74, 6) is -1.83. The number of carbonyl (C=O) groups excluding carboxylic acids is 3. The molecule has 0 aromatic heterocycles. The van der Waals surface area contributed by atoms with Gasteiger partial charge in [-0.1, -0.05) is 23.7 Å². The van der Waals surface area contributed by atoms with E-state index in [1.807, 2.05) is 6.07 Å². The predicted octanol–water partition coefficient (Wildman–Crippen LogP) is 2.90. The maximum absolute atomic E-state index is 12.2. The van der Waals surface area contributed by atoms with Crippen molar-refractivity contribution in [3.05, 3.63) is 64.7 Å². The molecule has 0 aliphatic heterocycles. The molecule has 0 fully saturated rings. The lowest BCUT2D eigenvalue weighted by atomic mass is 10.2. The molecule has 7 nitrogen and oxygen atoms in total. The number of hydrogen-bond donors (Lipinski definition) is 2. The summed E-state index contributed by atoms with van der Waals surface area (Å²) in [5.41, 5.74) is 0.947. The molecule has 2 N–H and O–H groups in total. The van der Waals surface area contributed by atoms with Gasteiger partial charge in [0.1, 0.15) is 12.1 Å². The van der Waals surface area contributed by atoms with Crippen LogP contribution in [0.25, 0.3) is 0 Å². The monoisotopic (exact) mass is 399 g/mol. The molecule has 0 aliphatic rings. The Labute approximate surface area is 167 Å². The van der Waals surface area contributed by atoms with Crippen molar-refractivity contribution >= 4 is 35.1 Å². The van der Waals surface area contributed by atoms with Crippen LogP contribution in [0.2, 0.25) is 5.02 Å². The SMILES string of the molecule is C[C@H](NC(=O)c1ccc(Cl)cc1)C(=O)O[C@@H](C)C(=O)Nc1ccccc1C#N. The van der Waals surface area contributed by atoms with Crippen molar-refractivity contribution in [2.24, 2.45) is 0 Å². The van der Waals surface area contributed by atoms with E-state index in [1.165, 1.54) is 26.0 Å². The smallest absolute Gasteiger partial charge is 0.329 e. The number of amides is 2. The molecule has 0 unspecified atom stereocenters. The Morgan fingerprint density at radius 2 is 1.71 bits per heavy atom. The van der Waals surface area contributed by atoms with Gasteiger partial charge in [-0.3, -0.25) is 9.59 Å². The summed E-state index contributed by atoms with van der Waals surface area (Å²) >= 11 is 5.78. The average molecular weight is 400 g/mol. The Kier molecular flexibility index (Phi) is 7.13. The molecule has 2 amide bonds. The second-order valence-electron chi connectivity index (χ2n) is 5.93. The van der Waals surface area contributed by atoms with Crippen LogP contribution in [0.15, 0.2) is 48.5 Å². The van der Waals surface area contributed by atoms with E-state index < -0.39 is 29.9 Å². The third-order valence-electron chi connectivity index (χ3n) is 3.78. The molecule has 0 radical (unpaired) electrons. The molecule has 0 spiro atoms. The zero-order valence-electron chi connectivity index (χ0n) is 15.2. The molecule has 2 rings (SSSR count). The van der Waals surface area contributed by atoms with E-state index in [1.54, 1.807) is 36.4 Å². The number of hydrogen-bond acceptors (Lipinski definition) is 5. The highest BCUT2D eigenvalue weighted by Gasteiger charge is 2.24. The first kappa shape index (κ1) is 20.9. The van der Waals surface area contributed by atoms with Gasteiger partial charge in [0.05, 0.1) is 11.3 Å². The van der Waals surface area contributed by atoms with E-state index in [0.717, 1.165) is 0 Å². The Morgan fingerprint density at radius 3 is 2.36 bits per heavy atom. The molecule has 0 heterocycles. The van der Waals surface area contributed by atoms with Gasteiger partial charge in [-0.15, -0.1) is 0 Å². The highest BCUT2D eigenvalue weighted by Crippen LogP contribution is 2.14. The lowest BCUT2D eigenvalue weighted by molar-refractivity contribution is -0.154. The minimum atomic E-state index is -1.12. The summed E-state index contributed by atoms with van der Waals surface area (Å²) in [6.07, 6.45) is -1.12. The van der Waals surface area contributed by atoms with Crippen LogP contribution in [0.4, 0.5) is 5.69 Å². The van der Waals surface area contributed by atoms with Gasteiger partial charge in [0, 0.05) is 10.6 Å². The Balaban J connectivity index is 1.91. The van der Waals surface area contributed by atoms with E-state index >= 15 is 0 Å². The highest BCUT2D eigenvalue weighted by atomic mass is 35.5. The second kappa shape index (κ2) is 9.53. The number of esters is 1. The van der Waals surface area contributed by atoms with E-state index in [0.29, 0.717) is 16.3 Å². The van der Waals surface area contributed by atoms with Crippen molar-refractivity contribution in [2.75, 3.05) is 5.32 Å². The van der Waals surface area contributed by atoms with Crippen LogP contribution in [-0.4, -0.2) is 29.9 Å². The largest absolute Gasteiger partial charge is 0.451 e. The molecular weight excluding hydrogens is 382 g/mol. The van der Waals surface area contributed by atoms with E-state index in [2.05, 4.69) is 10.6 Å². The number of ether oxygens (including phenoxy) is 1. The van der Waals surface area contributed by atoms with Gasteiger partial charge >= 0.3 is 5.97 Å². The van der Waals surface area contributed by atoms with Crippen molar-refractivity contribution in [3.63, 3.8) is 0 Å². The normalized spacial score (nSPS) is 12.2. The molecule has 28 heavy (non-hydrogen) atoms. The van der Waals surface area contributed by atoms with Crippen LogP contribution in [0, 0.1) is 11.3 Å². The molecule has 8 heteroatoms. The molecular formula is C20H18ClN3O4. The number of carbonyl (C=O) groups is 3. The van der Waals surface area contributed by atoms with Gasteiger partial charge in [0.15, 0.2) is 6.10 Å². The fraction of sp³-hybridized carbons (Fsp3) is 0.200. The van der Waals surface area contributed by atoms with Gasteiger partial charge in [0.2, 0.25) is 0 Å². The van der Waals surface area contributed by atoms with Gasteiger partial charge in [0.25, 0.3) is 11.8 Å². The summed E-state index contributed by atoms with van der Waals surface area (Å²) in [6, 6.07) is 13.6. The number of rotatable bonds is 6. The maximum atomic E-state index is 12.2. The van der Waals surface area contributed by atoms with Gasteiger partial charge in [-0.05, 0) is 50.2 Å². The Hall–Kier alpha value is -3.37. The Morgan fingerprint density at radius 1 is 1.07 bits per heavy atom. The Bertz CT molecular complexity index is 922. The first-order valence-corrected chi connectivity index (χ1v) is 8.76. The number of halogens is 1. The van der Waals surface area contributed by atoms with Gasteiger partial charge < -0.3 is 15.4 Å². The first-order chi connectivity index (χ1) is 13.3. The molecule has 0 saturated carbocycles. The van der Waals surface area contributed by atoms with Gasteiger partial charge in [-0.25, -0.2) is 4.79 Å². The summed E-state index contributed by atoms with van der Waals surface area (Å²) in [4.78, 5) is 36.5. The number of nitrogens with one attached hydrogen (secondary N) is 2. The predicted molar refractivity (Wildman–Crippen MR) is 104 cm³/mol. The number of benzene rings is 2. The van der Waals surface area contributed by atoms with Crippen molar-refractivity contribution in [1.82, 2.24) is 5.32 Å². The van der Waals surface area contributed by atoms with Crippen molar-refractivity contribution in [2.45, 2.75) is 26.0 Å². The zero-order chi connectivity index (χ0) is 20.7. The van der Waals surface area contributed by atoms with E-state index in [4.69, 9.17) is 21.6 Å². The fourth-order valence-corrected chi connectivity index (χ4v) is 2.32. The molecule has 144 valence electrons. The molecule has 2 aromatic carbocycles. The third kappa shape index (κ3) is 5.56. The van der Waals surface area contributed by atoms with Crippen LogP contribution in [-0.2, 0) is 14.3 Å². The van der Waals surface area contributed by atoms with Crippen LogP contribution < -0.4 is 10.6 Å². The second-order valence-corrected chi connectivity index (χ2v) is 6.36. The average Bonchev–Trinajstić information content (AvgIpc) is 2.68. The summed E-state index contributed by atoms with van der Waals surface area (Å²) in [6.45, 7) is 2.85. The maximum Gasteiger partial charge on any atom is 0.329 e.